The lowest BCUT2D eigenvalue weighted by Gasteiger charge is -2.36. The largest absolute Gasteiger partial charge is 0.368 e. The third-order valence-electron chi connectivity index (χ3n) is 20.9. The van der Waals surface area contributed by atoms with Crippen LogP contribution in [0.3, 0.4) is 0 Å². The van der Waals surface area contributed by atoms with Gasteiger partial charge in [0, 0.05) is 111 Å². The second-order valence-corrected chi connectivity index (χ2v) is 32.7. The van der Waals surface area contributed by atoms with Crippen LogP contribution in [0.1, 0.15) is 130 Å². The average Bonchev–Trinajstić information content (AvgIpc) is 0.815. The van der Waals surface area contributed by atoms with Gasteiger partial charge in [-0.3, -0.25) is 115 Å². The molecule has 736 valence electrons. The maximum absolute atomic E-state index is 16.3. The van der Waals surface area contributed by atoms with Crippen molar-refractivity contribution in [2.24, 2.45) is 28.9 Å². The minimum atomic E-state index is -2.28. The van der Waals surface area contributed by atoms with Gasteiger partial charge in [0.2, 0.25) is 88.6 Å². The van der Waals surface area contributed by atoms with Crippen molar-refractivity contribution in [1.82, 2.24) is 129 Å². The number of H-pyrrole nitrogens is 4. The van der Waals surface area contributed by atoms with Gasteiger partial charge in [-0.2, -0.15) is 0 Å². The van der Waals surface area contributed by atoms with Crippen LogP contribution in [-0.4, -0.2) is 301 Å². The molecule has 0 saturated heterocycles. The summed E-state index contributed by atoms with van der Waals surface area (Å²) >= 11 is 0. The van der Waals surface area contributed by atoms with Gasteiger partial charge in [0.15, 0.2) is 0 Å². The number of benzene rings is 2. The molecular formula is C86H121N29O21. The van der Waals surface area contributed by atoms with Crippen molar-refractivity contribution in [2.45, 2.75) is 238 Å². The van der Waals surface area contributed by atoms with E-state index in [9.17, 15) is 47.9 Å². The number of amides is 21. The third-order valence-corrected chi connectivity index (χ3v) is 20.9. The summed E-state index contributed by atoms with van der Waals surface area (Å²) in [6, 6.07) is -15.3. The molecule has 0 unspecified atom stereocenters. The predicted molar refractivity (Wildman–Crippen MR) is 482 cm³/mol. The molecule has 50 heteroatoms. The van der Waals surface area contributed by atoms with E-state index in [0.717, 1.165) is 76.2 Å². The van der Waals surface area contributed by atoms with E-state index in [1.54, 1.807) is 26.0 Å². The average molecular weight is 1900 g/mol. The first-order chi connectivity index (χ1) is 64.3. The molecular weight excluding hydrogens is 1780 g/mol. The highest BCUT2D eigenvalue weighted by Gasteiger charge is 2.47. The monoisotopic (exact) mass is 1900 g/mol. The van der Waals surface area contributed by atoms with Gasteiger partial charge in [0.1, 0.15) is 103 Å². The molecule has 136 heavy (non-hydrogen) atoms. The van der Waals surface area contributed by atoms with Gasteiger partial charge in [0.05, 0.1) is 48.1 Å². The van der Waals surface area contributed by atoms with Gasteiger partial charge >= 0.3 is 0 Å². The summed E-state index contributed by atoms with van der Waals surface area (Å²) in [4.78, 5) is 329. The van der Waals surface area contributed by atoms with Crippen LogP contribution in [0, 0.1) is 5.92 Å². The van der Waals surface area contributed by atoms with Gasteiger partial charge in [-0.05, 0) is 71.9 Å². The fourth-order valence-electron chi connectivity index (χ4n) is 14.0. The van der Waals surface area contributed by atoms with Crippen molar-refractivity contribution >= 4 is 124 Å². The van der Waals surface area contributed by atoms with Crippen LogP contribution >= 0.6 is 0 Å². The number of rotatable bonds is 51. The molecule has 0 fully saturated rings. The number of aromatic nitrogens is 8. The Labute approximate surface area is 781 Å². The van der Waals surface area contributed by atoms with Gasteiger partial charge in [0.25, 0.3) is 35.4 Å². The molecule has 4 heterocycles. The lowest BCUT2D eigenvalue weighted by Crippen LogP contribution is -2.67. The summed E-state index contributed by atoms with van der Waals surface area (Å²) in [5.41, 5.74) is 26.4. The normalized spacial score (nSPS) is 14.8. The van der Waals surface area contributed by atoms with Crippen molar-refractivity contribution in [1.29, 1.82) is 0 Å². The van der Waals surface area contributed by atoms with Crippen LogP contribution in [-0.2, 0) is 139 Å². The van der Waals surface area contributed by atoms with E-state index < -0.39 is 259 Å². The van der Waals surface area contributed by atoms with E-state index in [1.165, 1.54) is 98.6 Å². The number of primary amides is 1. The molecule has 0 aliphatic heterocycles. The number of aromatic amines is 4. The first-order valence-electron chi connectivity index (χ1n) is 43.4. The molecule has 6 rings (SSSR count). The lowest BCUT2D eigenvalue weighted by atomic mass is 9.99. The summed E-state index contributed by atoms with van der Waals surface area (Å²) in [5.74, 6) is -24.1. The number of hydrogen-bond donors (Lipinski definition) is 22. The number of nitrogens with zero attached hydrogens (tertiary/aromatic N) is 7. The fraction of sp³-hybridized carbons (Fsp3) is 0.477. The standard InChI is InChI=1S/C86H121N29O21/c1-42(2)24-60(70(90)120)110-71(121)43(3)99-80(130)69(33-89)115(85(135)65(25-54-20-16-14-17-21-54)111-72(122)44(4)100-78(128)67(31-87)113(81(131)46(6)102-74(124)61(106-50(10)116)27-56-34-91-38-95-56)82(132)47(7)103-75(125)62(107-51(11)117)28-57-35-92-39-96-57)86(136)66(26-55-22-18-15-19-23-55)112-73(123)45(5)101-79(129)68(32-88)114(83(133)48(8)104-76(126)63(108-52(12)118)29-58-36-93-40-97-58)84(134)49(9)105-77(127)64(109-53(13)119)30-59-37-94-41-98-59/h14-23,34-49,60-69H,24-33,87-89H2,1-13H3,(H2,90,120)(H,91,95)(H,92,96)(H,93,97)(H,94,98)(H,99,130)(H,100,128)(H,101,129)(H,102,124)(H,103,125)(H,104,126)(H,105,127)(H,106,116)(H,107,117)(H,108,118)(H,109,119)(H,110,121)(H,111,122)(H,112,123)/t43-,44-,45-,46-,47-,48-,49-,60-,61-,62-,63-,64-,65-,66-,67-,68-,69-/m0/s1. The van der Waals surface area contributed by atoms with E-state index >= 15 is 52.7 Å². The Balaban J connectivity index is 1.43. The molecule has 0 aliphatic rings. The van der Waals surface area contributed by atoms with E-state index in [1.807, 2.05) is 0 Å². The number of nitrogens with two attached hydrogens (primary N) is 4. The summed E-state index contributed by atoms with van der Waals surface area (Å²) in [7, 11) is 0. The quantitative estimate of drug-likeness (QED) is 0.0169. The van der Waals surface area contributed by atoms with Gasteiger partial charge in [-0.1, -0.05) is 74.5 Å². The van der Waals surface area contributed by atoms with Crippen molar-refractivity contribution in [3.8, 4) is 0 Å². The third kappa shape index (κ3) is 33.1. The molecule has 17 atom stereocenters. The number of carbonyl (C=O) groups is 21. The zero-order chi connectivity index (χ0) is 101. The second kappa shape index (κ2) is 52.8. The number of carbonyl (C=O) groups excluding carboxylic acids is 21. The molecule has 2 aromatic carbocycles. The van der Waals surface area contributed by atoms with Gasteiger partial charge in [-0.15, -0.1) is 0 Å². The highest BCUT2D eigenvalue weighted by molar-refractivity contribution is 6.10. The molecule has 0 saturated carbocycles. The number of imide groups is 3. The van der Waals surface area contributed by atoms with Crippen molar-refractivity contribution in [2.75, 3.05) is 19.6 Å². The van der Waals surface area contributed by atoms with Crippen molar-refractivity contribution in [3.63, 3.8) is 0 Å². The lowest BCUT2D eigenvalue weighted by molar-refractivity contribution is -0.156. The van der Waals surface area contributed by atoms with Crippen LogP contribution in [0.5, 0.6) is 0 Å². The molecule has 26 N–H and O–H groups in total. The highest BCUT2D eigenvalue weighted by Crippen LogP contribution is 2.19. The van der Waals surface area contributed by atoms with Crippen LogP contribution < -0.4 is 97.4 Å². The van der Waals surface area contributed by atoms with Gasteiger partial charge in [-0.25, -0.2) is 19.9 Å². The fourth-order valence-corrected chi connectivity index (χ4v) is 14.0. The van der Waals surface area contributed by atoms with Crippen molar-refractivity contribution in [3.05, 3.63) is 145 Å². The Morgan fingerprint density at radius 1 is 0.279 bits per heavy atom. The van der Waals surface area contributed by atoms with Crippen LogP contribution in [0.15, 0.2) is 111 Å². The SMILES string of the molecule is CC(=O)N[C@@H](Cc1c[nH]cn1)C(=O)N[C@@H](C)C(=O)N(C(=O)[C@H](C)NC(=O)[C@H](Cc1c[nH]cn1)NC(C)=O)[C@@H](CN)C(=O)N[C@@H](C)C(=O)N[C@@H](Cc1ccccc1)C(=O)N(C(=O)[C@H](Cc1ccccc1)NC(=O)[C@H](C)NC(=O)[C@H](CN)N(C(=O)[C@H](C)NC(=O)[C@H](Cc1c[nH]cn1)NC(C)=O)C(=O)[C@H](C)NC(=O)[C@H](Cc1c[nH]cn1)NC(C)=O)[C@@H](CN)C(=O)N[C@@H](C)C(=O)N[C@@H](CC(C)C)C(N)=O. The zero-order valence-corrected chi connectivity index (χ0v) is 77.4. The maximum Gasteiger partial charge on any atom is 0.252 e. The first kappa shape index (κ1) is 109. The predicted octanol–water partition coefficient (Wildman–Crippen LogP) is -8.08. The minimum absolute atomic E-state index is 0.0289. The second-order valence-electron chi connectivity index (χ2n) is 32.7. The van der Waals surface area contributed by atoms with E-state index in [2.05, 4.69) is 114 Å². The van der Waals surface area contributed by atoms with Crippen LogP contribution in [0.2, 0.25) is 0 Å². The summed E-state index contributed by atoms with van der Waals surface area (Å²) in [6.07, 6.45) is 8.78. The first-order valence-corrected chi connectivity index (χ1v) is 43.4. The smallest absolute Gasteiger partial charge is 0.252 e. The molecule has 50 nitrogen and oxygen atoms in total. The molecule has 0 spiro atoms. The highest BCUT2D eigenvalue weighted by atomic mass is 16.2. The van der Waals surface area contributed by atoms with E-state index in [-0.39, 0.29) is 76.8 Å². The molecule has 0 aliphatic carbocycles. The maximum atomic E-state index is 16.3. The molecule has 6 aromatic rings. The Bertz CT molecular complexity index is 4700. The Hall–Kier alpha value is -15.4. The Morgan fingerprint density at radius 2 is 0.507 bits per heavy atom. The minimum Gasteiger partial charge on any atom is -0.368 e. The van der Waals surface area contributed by atoms with Gasteiger partial charge < -0.3 is 117 Å². The molecule has 21 amide bonds. The topological polar surface area (TPSA) is 755 Å². The summed E-state index contributed by atoms with van der Waals surface area (Å²) in [6.45, 7) is 12.6. The summed E-state index contributed by atoms with van der Waals surface area (Å²) < 4.78 is 0. The Kier molecular flexibility index (Phi) is 42.4. The molecule has 0 bridgehead atoms. The molecule has 4 aromatic heterocycles. The van der Waals surface area contributed by atoms with Crippen molar-refractivity contribution < 1.29 is 101 Å². The summed E-state index contributed by atoms with van der Waals surface area (Å²) in [5, 5.41) is 34.1. The number of hydrogen-bond acceptors (Lipinski definition) is 28. The van der Waals surface area contributed by atoms with E-state index in [4.69, 9.17) is 22.9 Å². The zero-order valence-electron chi connectivity index (χ0n) is 77.4. The van der Waals surface area contributed by atoms with Crippen LogP contribution in [0.25, 0.3) is 0 Å². The Morgan fingerprint density at radius 3 is 0.713 bits per heavy atom. The number of imidazole rings is 4. The number of nitrogens with one attached hydrogen (secondary N) is 18. The van der Waals surface area contributed by atoms with Crippen LogP contribution in [0.4, 0.5) is 0 Å². The molecule has 0 radical (unpaired) electrons. The van der Waals surface area contributed by atoms with E-state index in [0.29, 0.717) is 9.80 Å².